The third-order valence-corrected chi connectivity index (χ3v) is 4.72. The highest BCUT2D eigenvalue weighted by molar-refractivity contribution is 6.20. The van der Waals surface area contributed by atoms with E-state index >= 15 is 0 Å². The second kappa shape index (κ2) is 6.63. The normalized spacial score (nSPS) is 29.7. The Balaban J connectivity index is 1.54. The maximum absolute atomic E-state index is 11.7. The standard InChI is InChI=1S/C14H24ClNO/c15-13-7-5-12(9-13)10-16-14(17)8-6-11-3-1-2-4-11/h11-13H,1-10H2,(H,16,17). The van der Waals surface area contributed by atoms with Crippen molar-refractivity contribution in [3.05, 3.63) is 0 Å². The van der Waals surface area contributed by atoms with Crippen LogP contribution in [0.3, 0.4) is 0 Å². The summed E-state index contributed by atoms with van der Waals surface area (Å²) in [6, 6.07) is 0. The van der Waals surface area contributed by atoms with Gasteiger partial charge in [-0.2, -0.15) is 0 Å². The zero-order chi connectivity index (χ0) is 12.1. The number of carbonyl (C=O) groups excluding carboxylic acids is 1. The minimum Gasteiger partial charge on any atom is -0.356 e. The summed E-state index contributed by atoms with van der Waals surface area (Å²) in [5.74, 6) is 1.68. The lowest BCUT2D eigenvalue weighted by Crippen LogP contribution is -2.28. The molecule has 98 valence electrons. The molecule has 0 saturated heterocycles. The molecule has 2 unspecified atom stereocenters. The van der Waals surface area contributed by atoms with Crippen LogP contribution in [0.2, 0.25) is 0 Å². The first-order chi connectivity index (χ1) is 8.24. The van der Waals surface area contributed by atoms with Crippen molar-refractivity contribution in [2.75, 3.05) is 6.54 Å². The van der Waals surface area contributed by atoms with Gasteiger partial charge in [-0.25, -0.2) is 0 Å². The summed E-state index contributed by atoms with van der Waals surface area (Å²) in [7, 11) is 0. The number of rotatable bonds is 5. The molecule has 2 nitrogen and oxygen atoms in total. The van der Waals surface area contributed by atoms with E-state index in [1.54, 1.807) is 0 Å². The second-order valence-electron chi connectivity index (χ2n) is 5.77. The van der Waals surface area contributed by atoms with Crippen LogP contribution >= 0.6 is 11.6 Å². The SMILES string of the molecule is O=C(CCC1CCCC1)NCC1CCC(Cl)C1. The minimum atomic E-state index is 0.245. The zero-order valence-corrected chi connectivity index (χ0v) is 11.3. The molecule has 0 aromatic carbocycles. The molecule has 0 heterocycles. The molecule has 1 amide bonds. The summed E-state index contributed by atoms with van der Waals surface area (Å²) >= 11 is 6.06. The Morgan fingerprint density at radius 1 is 1.12 bits per heavy atom. The van der Waals surface area contributed by atoms with Crippen LogP contribution in [0.4, 0.5) is 0 Å². The van der Waals surface area contributed by atoms with E-state index in [4.69, 9.17) is 11.6 Å². The molecule has 2 aliphatic carbocycles. The number of alkyl halides is 1. The molecule has 1 N–H and O–H groups in total. The monoisotopic (exact) mass is 257 g/mol. The highest BCUT2D eigenvalue weighted by Gasteiger charge is 2.23. The van der Waals surface area contributed by atoms with Crippen molar-refractivity contribution in [3.63, 3.8) is 0 Å². The van der Waals surface area contributed by atoms with E-state index in [9.17, 15) is 4.79 Å². The molecule has 2 atom stereocenters. The summed E-state index contributed by atoms with van der Waals surface area (Å²) in [5.41, 5.74) is 0. The van der Waals surface area contributed by atoms with E-state index < -0.39 is 0 Å². The van der Waals surface area contributed by atoms with Gasteiger partial charge in [-0.1, -0.05) is 25.7 Å². The summed E-state index contributed by atoms with van der Waals surface area (Å²) in [6.45, 7) is 0.840. The van der Waals surface area contributed by atoms with Gasteiger partial charge in [0, 0.05) is 18.3 Å². The topological polar surface area (TPSA) is 29.1 Å². The van der Waals surface area contributed by atoms with Crippen molar-refractivity contribution in [2.45, 2.75) is 63.2 Å². The predicted molar refractivity (Wildman–Crippen MR) is 71.2 cm³/mol. The average molecular weight is 258 g/mol. The number of nitrogens with one attached hydrogen (secondary N) is 1. The van der Waals surface area contributed by atoms with E-state index in [0.717, 1.165) is 38.1 Å². The molecule has 0 aliphatic heterocycles. The number of hydrogen-bond acceptors (Lipinski definition) is 1. The molecule has 0 aromatic rings. The lowest BCUT2D eigenvalue weighted by atomic mass is 10.0. The molecule has 17 heavy (non-hydrogen) atoms. The Bertz CT molecular complexity index is 251. The number of halogens is 1. The minimum absolute atomic E-state index is 0.245. The van der Waals surface area contributed by atoms with Crippen molar-refractivity contribution in [1.82, 2.24) is 5.32 Å². The molecule has 0 bridgehead atoms. The van der Waals surface area contributed by atoms with Crippen molar-refractivity contribution in [2.24, 2.45) is 11.8 Å². The first kappa shape index (κ1) is 13.2. The van der Waals surface area contributed by atoms with Crippen molar-refractivity contribution >= 4 is 17.5 Å². The van der Waals surface area contributed by atoms with Gasteiger partial charge >= 0.3 is 0 Å². The largest absolute Gasteiger partial charge is 0.356 e. The average Bonchev–Trinajstić information content (AvgIpc) is 2.95. The molecule has 2 saturated carbocycles. The summed E-state index contributed by atoms with van der Waals surface area (Å²) in [5, 5.41) is 3.41. The van der Waals surface area contributed by atoms with Crippen LogP contribution in [0.5, 0.6) is 0 Å². The van der Waals surface area contributed by atoms with E-state index in [1.165, 1.54) is 32.1 Å². The van der Waals surface area contributed by atoms with Gasteiger partial charge in [-0.15, -0.1) is 11.6 Å². The fourth-order valence-electron chi connectivity index (χ4n) is 3.18. The highest BCUT2D eigenvalue weighted by atomic mass is 35.5. The van der Waals surface area contributed by atoms with E-state index in [1.807, 2.05) is 0 Å². The molecule has 2 rings (SSSR count). The third-order valence-electron chi connectivity index (χ3n) is 4.32. The van der Waals surface area contributed by atoms with Gasteiger partial charge in [0.2, 0.25) is 5.91 Å². The van der Waals surface area contributed by atoms with Crippen LogP contribution < -0.4 is 5.32 Å². The van der Waals surface area contributed by atoms with Crippen molar-refractivity contribution in [3.8, 4) is 0 Å². The Labute approximate surface area is 109 Å². The van der Waals surface area contributed by atoms with Crippen molar-refractivity contribution < 1.29 is 4.79 Å². The quantitative estimate of drug-likeness (QED) is 0.751. The Morgan fingerprint density at radius 3 is 2.53 bits per heavy atom. The highest BCUT2D eigenvalue weighted by Crippen LogP contribution is 2.29. The maximum Gasteiger partial charge on any atom is 0.220 e. The lowest BCUT2D eigenvalue weighted by Gasteiger charge is -2.12. The first-order valence-corrected chi connectivity index (χ1v) is 7.58. The zero-order valence-electron chi connectivity index (χ0n) is 10.6. The Hall–Kier alpha value is -0.240. The van der Waals surface area contributed by atoms with Crippen LogP contribution in [-0.4, -0.2) is 17.8 Å². The third kappa shape index (κ3) is 4.50. The summed E-state index contributed by atoms with van der Waals surface area (Å²) in [6.07, 6.45) is 10.6. The van der Waals surface area contributed by atoms with Crippen LogP contribution in [0, 0.1) is 11.8 Å². The molecule has 0 aromatic heterocycles. The predicted octanol–water partition coefficient (Wildman–Crippen LogP) is 3.48. The first-order valence-electron chi connectivity index (χ1n) is 7.15. The summed E-state index contributed by atoms with van der Waals surface area (Å²) in [4.78, 5) is 11.7. The van der Waals surface area contributed by atoms with E-state index in [-0.39, 0.29) is 5.91 Å². The molecule has 0 spiro atoms. The lowest BCUT2D eigenvalue weighted by molar-refractivity contribution is -0.121. The Kier molecular flexibility index (Phi) is 5.15. The molecule has 3 heteroatoms. The summed E-state index contributed by atoms with van der Waals surface area (Å²) < 4.78 is 0. The fourth-order valence-corrected chi connectivity index (χ4v) is 3.56. The van der Waals surface area contributed by atoms with Crippen molar-refractivity contribution in [1.29, 1.82) is 0 Å². The fraction of sp³-hybridized carbons (Fsp3) is 0.929. The number of carbonyl (C=O) groups is 1. The molecular weight excluding hydrogens is 234 g/mol. The van der Waals surface area contributed by atoms with Crippen LogP contribution in [-0.2, 0) is 4.79 Å². The van der Waals surface area contributed by atoms with Crippen LogP contribution in [0.25, 0.3) is 0 Å². The van der Waals surface area contributed by atoms with E-state index in [2.05, 4.69) is 5.32 Å². The van der Waals surface area contributed by atoms with Crippen LogP contribution in [0.15, 0.2) is 0 Å². The van der Waals surface area contributed by atoms with Gasteiger partial charge in [0.1, 0.15) is 0 Å². The second-order valence-corrected chi connectivity index (χ2v) is 6.39. The van der Waals surface area contributed by atoms with Gasteiger partial charge in [0.15, 0.2) is 0 Å². The van der Waals surface area contributed by atoms with Gasteiger partial charge in [0.05, 0.1) is 0 Å². The molecular formula is C14H24ClNO. The molecule has 2 fully saturated rings. The van der Waals surface area contributed by atoms with Gasteiger partial charge in [-0.3, -0.25) is 4.79 Å². The van der Waals surface area contributed by atoms with Gasteiger partial charge in [0.25, 0.3) is 0 Å². The van der Waals surface area contributed by atoms with E-state index in [0.29, 0.717) is 11.3 Å². The smallest absolute Gasteiger partial charge is 0.220 e. The van der Waals surface area contributed by atoms with Gasteiger partial charge < -0.3 is 5.32 Å². The van der Waals surface area contributed by atoms with Gasteiger partial charge in [-0.05, 0) is 37.5 Å². The number of hydrogen-bond donors (Lipinski definition) is 1. The molecule has 2 aliphatic rings. The molecule has 0 radical (unpaired) electrons. The Morgan fingerprint density at radius 2 is 1.88 bits per heavy atom. The number of amides is 1. The maximum atomic E-state index is 11.7. The van der Waals surface area contributed by atoms with Crippen LogP contribution in [0.1, 0.15) is 57.8 Å².